The van der Waals surface area contributed by atoms with Gasteiger partial charge in [0.2, 0.25) is 0 Å². The van der Waals surface area contributed by atoms with E-state index in [0.717, 1.165) is 43.8 Å². The van der Waals surface area contributed by atoms with Crippen LogP contribution in [0.3, 0.4) is 0 Å². The molecule has 0 unspecified atom stereocenters. The molecule has 200 valence electrons. The summed E-state index contributed by atoms with van der Waals surface area (Å²) in [7, 11) is 0. The quantitative estimate of drug-likeness (QED) is 0.200. The van der Waals surface area contributed by atoms with Crippen molar-refractivity contribution < 1.29 is 7.16 Å². The summed E-state index contributed by atoms with van der Waals surface area (Å²) >= 11 is 0. The van der Waals surface area contributed by atoms with E-state index >= 15 is 0 Å². The van der Waals surface area contributed by atoms with Crippen LogP contribution in [-0.4, -0.2) is 0 Å². The first kappa shape index (κ1) is 22.0. The van der Waals surface area contributed by atoms with Crippen molar-refractivity contribution in [3.63, 3.8) is 0 Å². The first-order chi connectivity index (χ1) is 22.1. The molecule has 1 heteroatoms. The molecule has 1 heterocycles. The molecule has 0 fully saturated rings. The summed E-state index contributed by atoms with van der Waals surface area (Å²) in [6.07, 6.45) is 0. The molecule has 0 atom stereocenters. The van der Waals surface area contributed by atoms with Gasteiger partial charge in [-0.25, -0.2) is 0 Å². The molecule has 0 bridgehead atoms. The number of para-hydroxylation sites is 1. The van der Waals surface area contributed by atoms with Crippen molar-refractivity contribution in [1.82, 2.24) is 0 Å². The highest BCUT2D eigenvalue weighted by molar-refractivity contribution is 6.23. The normalized spacial score (nSPS) is 12.4. The Morgan fingerprint density at radius 2 is 0.977 bits per heavy atom. The summed E-state index contributed by atoms with van der Waals surface area (Å²) in [6.45, 7) is 0. The zero-order valence-corrected chi connectivity index (χ0v) is 23.3. The molecular formula is C42H26O. The third kappa shape index (κ3) is 3.72. The Balaban J connectivity index is 1.32. The first-order valence-corrected chi connectivity index (χ1v) is 14.6. The number of hydrogen-bond donors (Lipinski definition) is 0. The molecule has 0 aliphatic heterocycles. The van der Waals surface area contributed by atoms with Gasteiger partial charge in [-0.05, 0) is 90.0 Å². The van der Waals surface area contributed by atoms with Crippen molar-refractivity contribution in [3.8, 4) is 33.4 Å². The van der Waals surface area contributed by atoms with Gasteiger partial charge < -0.3 is 4.42 Å². The van der Waals surface area contributed by atoms with Crippen LogP contribution in [0, 0.1) is 0 Å². The Morgan fingerprint density at radius 3 is 1.77 bits per heavy atom. The molecular weight excluding hydrogens is 520 g/mol. The van der Waals surface area contributed by atoms with Crippen LogP contribution < -0.4 is 0 Å². The lowest BCUT2D eigenvalue weighted by atomic mass is 9.83. The highest BCUT2D eigenvalue weighted by atomic mass is 16.3. The summed E-state index contributed by atoms with van der Waals surface area (Å²) in [5, 5.41) is 9.11. The van der Waals surface area contributed by atoms with Gasteiger partial charge in [0.15, 0.2) is 0 Å². The molecule has 43 heavy (non-hydrogen) atoms. The maximum absolute atomic E-state index is 8.06. The molecule has 0 aliphatic carbocycles. The Bertz CT molecular complexity index is 2570. The lowest BCUT2D eigenvalue weighted by molar-refractivity contribution is 0.669. The molecule has 0 radical (unpaired) electrons. The molecule has 9 aromatic rings. The van der Waals surface area contributed by atoms with Crippen LogP contribution in [0.4, 0.5) is 0 Å². The summed E-state index contributed by atoms with van der Waals surface area (Å²) in [5.41, 5.74) is 8.63. The zero-order valence-electron chi connectivity index (χ0n) is 25.3. The molecule has 1 nitrogen and oxygen atoms in total. The van der Waals surface area contributed by atoms with Gasteiger partial charge in [0.25, 0.3) is 0 Å². The Kier molecular flexibility index (Phi) is 4.83. The average Bonchev–Trinajstić information content (AvgIpc) is 3.43. The van der Waals surface area contributed by atoms with E-state index in [4.69, 9.17) is 7.16 Å². The van der Waals surface area contributed by atoms with Crippen LogP contribution in [0.1, 0.15) is 2.74 Å². The lowest BCUT2D eigenvalue weighted by Gasteiger charge is -2.20. The topological polar surface area (TPSA) is 13.1 Å². The maximum Gasteiger partial charge on any atom is 0.135 e. The SMILES string of the molecule is [2H]c1ccc2cc(-c3c4ccccc4c(-c4ccccc4-c4ccc5oc6cc([2H])ccc6c5c4)c4ccccc34)ccc2c1. The van der Waals surface area contributed by atoms with E-state index < -0.39 is 0 Å². The van der Waals surface area contributed by atoms with Crippen LogP contribution >= 0.6 is 0 Å². The Morgan fingerprint density at radius 1 is 0.372 bits per heavy atom. The number of furan rings is 1. The third-order valence-corrected chi connectivity index (χ3v) is 8.73. The minimum Gasteiger partial charge on any atom is -0.456 e. The lowest BCUT2D eigenvalue weighted by Crippen LogP contribution is -1.92. The van der Waals surface area contributed by atoms with Gasteiger partial charge in [-0.2, -0.15) is 0 Å². The Hall–Kier alpha value is -5.66. The number of fused-ring (bicyclic) bond motifs is 6. The Labute approximate surface area is 252 Å². The van der Waals surface area contributed by atoms with Crippen LogP contribution in [0.5, 0.6) is 0 Å². The first-order valence-electron chi connectivity index (χ1n) is 15.6. The highest BCUT2D eigenvalue weighted by Gasteiger charge is 2.19. The van der Waals surface area contributed by atoms with Gasteiger partial charge in [-0.3, -0.25) is 0 Å². The van der Waals surface area contributed by atoms with Crippen molar-refractivity contribution >= 4 is 54.3 Å². The second-order valence-corrected chi connectivity index (χ2v) is 11.1. The van der Waals surface area contributed by atoms with Crippen molar-refractivity contribution in [2.45, 2.75) is 0 Å². The van der Waals surface area contributed by atoms with Crippen LogP contribution in [0.25, 0.3) is 87.6 Å². The summed E-state index contributed by atoms with van der Waals surface area (Å²) < 4.78 is 22.2. The van der Waals surface area contributed by atoms with Crippen molar-refractivity contribution in [2.75, 3.05) is 0 Å². The highest BCUT2D eigenvalue weighted by Crippen LogP contribution is 2.46. The molecule has 1 aromatic heterocycles. The predicted octanol–water partition coefficient (Wildman–Crippen LogP) is 12.0. The third-order valence-electron chi connectivity index (χ3n) is 8.73. The van der Waals surface area contributed by atoms with E-state index in [2.05, 4.69) is 103 Å². The van der Waals surface area contributed by atoms with Crippen molar-refractivity contribution in [1.29, 1.82) is 0 Å². The summed E-state index contributed by atoms with van der Waals surface area (Å²) in [4.78, 5) is 0. The smallest absolute Gasteiger partial charge is 0.135 e. The van der Waals surface area contributed by atoms with Crippen molar-refractivity contribution in [2.24, 2.45) is 0 Å². The summed E-state index contributed by atoms with van der Waals surface area (Å²) in [5.74, 6) is 0. The fraction of sp³-hybridized carbons (Fsp3) is 0. The van der Waals surface area contributed by atoms with Crippen molar-refractivity contribution in [3.05, 3.63) is 158 Å². The fourth-order valence-electron chi connectivity index (χ4n) is 6.80. The van der Waals surface area contributed by atoms with E-state index in [-0.39, 0.29) is 0 Å². The number of rotatable bonds is 3. The molecule has 0 N–H and O–H groups in total. The number of hydrogen-bond acceptors (Lipinski definition) is 1. The minimum absolute atomic E-state index is 0.444. The molecule has 0 aliphatic rings. The monoisotopic (exact) mass is 548 g/mol. The second kappa shape index (κ2) is 9.44. The van der Waals surface area contributed by atoms with E-state index in [1.807, 2.05) is 36.4 Å². The summed E-state index contributed by atoms with van der Waals surface area (Å²) in [6, 6.07) is 51.6. The van der Waals surface area contributed by atoms with Gasteiger partial charge in [0.1, 0.15) is 11.2 Å². The largest absolute Gasteiger partial charge is 0.456 e. The minimum atomic E-state index is 0.444. The van der Waals surface area contributed by atoms with E-state index in [0.29, 0.717) is 12.1 Å². The van der Waals surface area contributed by atoms with Gasteiger partial charge in [-0.1, -0.05) is 133 Å². The van der Waals surface area contributed by atoms with E-state index in [1.165, 1.54) is 43.8 Å². The van der Waals surface area contributed by atoms with Gasteiger partial charge in [0, 0.05) is 10.8 Å². The van der Waals surface area contributed by atoms with Crippen LogP contribution in [0.2, 0.25) is 0 Å². The second-order valence-electron chi connectivity index (χ2n) is 11.1. The molecule has 9 rings (SSSR count). The average molecular weight is 549 g/mol. The van der Waals surface area contributed by atoms with Crippen LogP contribution in [0.15, 0.2) is 162 Å². The number of benzene rings is 8. The maximum atomic E-state index is 8.06. The molecule has 0 saturated carbocycles. The zero-order chi connectivity index (χ0) is 30.1. The van der Waals surface area contributed by atoms with Gasteiger partial charge in [0.05, 0.1) is 2.74 Å². The fourth-order valence-corrected chi connectivity index (χ4v) is 6.80. The van der Waals surface area contributed by atoms with Gasteiger partial charge in [-0.15, -0.1) is 0 Å². The van der Waals surface area contributed by atoms with E-state index in [9.17, 15) is 0 Å². The standard InChI is InChI=1S/C42H26O/c1-2-12-28-25-30(22-21-27(28)11-1)41-34-16-5-7-18-36(34)42(37-19-8-6-17-35(37)41)33-15-4-3-13-31(33)29-23-24-40-38(26-29)32-14-9-10-20-39(32)43-40/h1-26H/i1D,10D. The van der Waals surface area contributed by atoms with Gasteiger partial charge >= 0.3 is 0 Å². The predicted molar refractivity (Wildman–Crippen MR) is 183 cm³/mol. The van der Waals surface area contributed by atoms with Crippen LogP contribution in [-0.2, 0) is 0 Å². The molecule has 0 saturated heterocycles. The molecule has 0 spiro atoms. The molecule has 0 amide bonds. The van der Waals surface area contributed by atoms with E-state index in [1.54, 1.807) is 6.07 Å². The molecule has 8 aromatic carbocycles.